The lowest BCUT2D eigenvalue weighted by Gasteiger charge is -2.26. The Morgan fingerprint density at radius 1 is 0.283 bits per heavy atom. The molecule has 60 heavy (non-hydrogen) atoms. The van der Waals surface area contributed by atoms with Crippen LogP contribution in [0.1, 0.15) is 15.9 Å². The summed E-state index contributed by atoms with van der Waals surface area (Å²) in [7, 11) is 6.67. The molecule has 0 heterocycles. The van der Waals surface area contributed by atoms with Gasteiger partial charge in [-0.1, -0.05) is 48.5 Å². The maximum absolute atomic E-state index is 14.1. The zero-order valence-electron chi connectivity index (χ0n) is 33.8. The van der Waals surface area contributed by atoms with E-state index in [9.17, 15) is 4.79 Å². The van der Waals surface area contributed by atoms with Crippen LogP contribution in [-0.2, 0) is 0 Å². The van der Waals surface area contributed by atoms with E-state index in [1.54, 1.807) is 28.4 Å². The Labute approximate surface area is 350 Å². The van der Waals surface area contributed by atoms with Gasteiger partial charge in [0.05, 0.1) is 28.4 Å². The number of ketones is 1. The first kappa shape index (κ1) is 37.8. The topological polar surface area (TPSA) is 60.5 Å². The van der Waals surface area contributed by atoms with E-state index in [0.717, 1.165) is 90.5 Å². The van der Waals surface area contributed by atoms with Crippen molar-refractivity contribution in [2.75, 3.05) is 38.2 Å². The van der Waals surface area contributed by atoms with Crippen LogP contribution in [0.4, 0.5) is 34.1 Å². The minimum Gasteiger partial charge on any atom is -0.497 e. The van der Waals surface area contributed by atoms with Gasteiger partial charge in [-0.15, -0.1) is 0 Å². The second kappa shape index (κ2) is 16.2. The highest BCUT2D eigenvalue weighted by molar-refractivity contribution is 6.22. The van der Waals surface area contributed by atoms with E-state index in [0.29, 0.717) is 11.1 Å². The Balaban J connectivity index is 0.974. The Hall–Kier alpha value is -7.77. The van der Waals surface area contributed by atoms with Gasteiger partial charge in [-0.05, 0) is 167 Å². The first-order valence-electron chi connectivity index (χ1n) is 19.6. The molecule has 0 spiro atoms. The van der Waals surface area contributed by atoms with Crippen molar-refractivity contribution in [1.29, 1.82) is 0 Å². The smallest absolute Gasteiger partial charge is 0.194 e. The fourth-order valence-corrected chi connectivity index (χ4v) is 7.86. The number of hydrogen-bond donors (Lipinski definition) is 0. The molecule has 0 saturated heterocycles. The van der Waals surface area contributed by atoms with Crippen LogP contribution in [0.25, 0.3) is 33.4 Å². The maximum Gasteiger partial charge on any atom is 0.194 e. The van der Waals surface area contributed by atoms with Gasteiger partial charge in [-0.3, -0.25) is 4.79 Å². The first-order valence-corrected chi connectivity index (χ1v) is 19.6. The number of carbonyl (C=O) groups is 1. The minimum absolute atomic E-state index is 0.0345. The molecule has 0 unspecified atom stereocenters. The SMILES string of the molecule is COc1ccc(N(c2ccc(OC)cc2)c2ccc(-c3ccc4c(c3)C(=O)c3cc(-c5ccc(N(c6ccc(OC)cc6)c6ccc(OC)cc6)cc5)ccc3-4)cc2)cc1. The van der Waals surface area contributed by atoms with Gasteiger partial charge < -0.3 is 28.7 Å². The van der Waals surface area contributed by atoms with Crippen LogP contribution in [0.5, 0.6) is 23.0 Å². The molecule has 7 heteroatoms. The third-order valence-electron chi connectivity index (χ3n) is 11.1. The molecule has 1 aliphatic rings. The Morgan fingerprint density at radius 3 is 0.767 bits per heavy atom. The van der Waals surface area contributed by atoms with Crippen LogP contribution in [0, 0.1) is 0 Å². The molecule has 7 nitrogen and oxygen atoms in total. The molecule has 0 fully saturated rings. The Morgan fingerprint density at radius 2 is 0.517 bits per heavy atom. The van der Waals surface area contributed by atoms with Crippen molar-refractivity contribution in [1.82, 2.24) is 0 Å². The van der Waals surface area contributed by atoms with Gasteiger partial charge in [0.25, 0.3) is 0 Å². The molecule has 8 aromatic rings. The summed E-state index contributed by atoms with van der Waals surface area (Å²) in [5.74, 6) is 3.21. The number of anilines is 6. The average Bonchev–Trinajstić information content (AvgIpc) is 3.60. The fraction of sp³-hybridized carbons (Fsp3) is 0.0755. The van der Waals surface area contributed by atoms with Crippen LogP contribution >= 0.6 is 0 Å². The number of methoxy groups -OCH3 is 4. The van der Waals surface area contributed by atoms with E-state index < -0.39 is 0 Å². The predicted octanol–water partition coefficient (Wildman–Crippen LogP) is 13.2. The Kier molecular flexibility index (Phi) is 10.2. The Bertz CT molecular complexity index is 2490. The van der Waals surface area contributed by atoms with Crippen molar-refractivity contribution in [3.63, 3.8) is 0 Å². The van der Waals surface area contributed by atoms with E-state index in [1.165, 1.54) is 0 Å². The number of hydrogen-bond acceptors (Lipinski definition) is 7. The van der Waals surface area contributed by atoms with Gasteiger partial charge in [-0.2, -0.15) is 0 Å². The third-order valence-corrected chi connectivity index (χ3v) is 11.1. The number of benzene rings is 8. The zero-order chi connectivity index (χ0) is 41.2. The van der Waals surface area contributed by atoms with Gasteiger partial charge in [0.1, 0.15) is 23.0 Å². The van der Waals surface area contributed by atoms with E-state index >= 15 is 0 Å². The van der Waals surface area contributed by atoms with Crippen LogP contribution in [0.15, 0.2) is 182 Å². The molecule has 294 valence electrons. The lowest BCUT2D eigenvalue weighted by atomic mass is 9.98. The molecular formula is C53H42N2O5. The van der Waals surface area contributed by atoms with E-state index in [-0.39, 0.29) is 5.78 Å². The summed E-state index contributed by atoms with van der Waals surface area (Å²) in [5, 5.41) is 0. The molecule has 0 bridgehead atoms. The number of fused-ring (bicyclic) bond motifs is 3. The van der Waals surface area contributed by atoms with Crippen molar-refractivity contribution in [2.45, 2.75) is 0 Å². The number of ether oxygens (including phenoxy) is 4. The van der Waals surface area contributed by atoms with Crippen LogP contribution in [0.2, 0.25) is 0 Å². The summed E-state index contributed by atoms with van der Waals surface area (Å²) in [6.45, 7) is 0. The summed E-state index contributed by atoms with van der Waals surface area (Å²) in [6.07, 6.45) is 0. The first-order chi connectivity index (χ1) is 29.4. The standard InChI is InChI=1S/C53H42N2O5/c1-57-45-23-15-41(16-24-45)54(42-17-25-46(58-2)26-18-42)39-11-5-35(6-12-39)37-9-31-49-50-32-10-38(34-52(50)53(56)51(49)33-37)36-7-13-40(14-8-36)55(43-19-27-47(59-3)28-20-43)44-21-29-48(60-4)30-22-44/h5-34H,1-4H3. The lowest BCUT2D eigenvalue weighted by Crippen LogP contribution is -2.09. The van der Waals surface area contributed by atoms with Crippen molar-refractivity contribution in [3.05, 3.63) is 193 Å². The van der Waals surface area contributed by atoms with Gasteiger partial charge >= 0.3 is 0 Å². The highest BCUT2D eigenvalue weighted by Crippen LogP contribution is 2.43. The average molecular weight is 787 g/mol. The molecular weight excluding hydrogens is 745 g/mol. The molecule has 9 rings (SSSR count). The van der Waals surface area contributed by atoms with Crippen molar-refractivity contribution in [2.24, 2.45) is 0 Å². The minimum atomic E-state index is 0.0345. The highest BCUT2D eigenvalue weighted by Gasteiger charge is 2.28. The van der Waals surface area contributed by atoms with Gasteiger partial charge in [0.15, 0.2) is 5.78 Å². The van der Waals surface area contributed by atoms with Crippen molar-refractivity contribution < 1.29 is 23.7 Å². The second-order valence-corrected chi connectivity index (χ2v) is 14.4. The summed E-state index contributed by atoms with van der Waals surface area (Å²) < 4.78 is 21.7. The van der Waals surface area contributed by atoms with Gasteiger partial charge in [0.2, 0.25) is 0 Å². The van der Waals surface area contributed by atoms with Crippen LogP contribution < -0.4 is 28.7 Å². The largest absolute Gasteiger partial charge is 0.497 e. The molecule has 0 saturated carbocycles. The zero-order valence-corrected chi connectivity index (χ0v) is 33.8. The number of rotatable bonds is 12. The summed E-state index contributed by atoms with van der Waals surface area (Å²) in [5.41, 5.74) is 13.3. The molecule has 1 aliphatic carbocycles. The molecule has 0 aliphatic heterocycles. The van der Waals surface area contributed by atoms with Gasteiger partial charge in [0, 0.05) is 45.3 Å². The molecule has 0 N–H and O–H groups in total. The van der Waals surface area contributed by atoms with Gasteiger partial charge in [-0.25, -0.2) is 0 Å². The maximum atomic E-state index is 14.1. The monoisotopic (exact) mass is 786 g/mol. The highest BCUT2D eigenvalue weighted by atomic mass is 16.5. The van der Waals surface area contributed by atoms with Crippen LogP contribution in [-0.4, -0.2) is 34.2 Å². The summed E-state index contributed by atoms with van der Waals surface area (Å²) >= 11 is 0. The van der Waals surface area contributed by atoms with Crippen LogP contribution in [0.3, 0.4) is 0 Å². The third kappa shape index (κ3) is 7.18. The molecule has 8 aromatic carbocycles. The predicted molar refractivity (Wildman–Crippen MR) is 242 cm³/mol. The molecule has 0 amide bonds. The number of nitrogens with zero attached hydrogens (tertiary/aromatic N) is 2. The molecule has 0 radical (unpaired) electrons. The van der Waals surface area contributed by atoms with Crippen molar-refractivity contribution >= 4 is 39.9 Å². The normalized spacial score (nSPS) is 11.4. The van der Waals surface area contributed by atoms with E-state index in [4.69, 9.17) is 18.9 Å². The second-order valence-electron chi connectivity index (χ2n) is 14.4. The molecule has 0 atom stereocenters. The van der Waals surface area contributed by atoms with E-state index in [2.05, 4.69) is 82.6 Å². The summed E-state index contributed by atoms with van der Waals surface area (Å²) in [4.78, 5) is 18.5. The summed E-state index contributed by atoms with van der Waals surface area (Å²) in [6, 6.07) is 61.3. The van der Waals surface area contributed by atoms with Crippen molar-refractivity contribution in [3.8, 4) is 56.4 Å². The molecule has 0 aromatic heterocycles. The number of carbonyl (C=O) groups excluding carboxylic acids is 1. The lowest BCUT2D eigenvalue weighted by molar-refractivity contribution is 0.104. The quantitative estimate of drug-likeness (QED) is 0.122. The van der Waals surface area contributed by atoms with E-state index in [1.807, 2.05) is 109 Å². The fourth-order valence-electron chi connectivity index (χ4n) is 7.86.